The van der Waals surface area contributed by atoms with Gasteiger partial charge in [-0.1, -0.05) is 47.5 Å². The summed E-state index contributed by atoms with van der Waals surface area (Å²) in [5.74, 6) is 0.195. The first kappa shape index (κ1) is 12.3. The van der Waals surface area contributed by atoms with E-state index in [1.54, 1.807) is 24.3 Å². The molecule has 0 atom stereocenters. The van der Waals surface area contributed by atoms with Crippen LogP contribution in [-0.2, 0) is 4.74 Å². The molecule has 0 saturated heterocycles. The molecule has 0 amide bonds. The van der Waals surface area contributed by atoms with Crippen molar-refractivity contribution in [1.82, 2.24) is 0 Å². The van der Waals surface area contributed by atoms with Crippen LogP contribution < -0.4 is 0 Å². The van der Waals surface area contributed by atoms with Crippen molar-refractivity contribution in [3.05, 3.63) is 69.2 Å². The first-order valence-corrected chi connectivity index (χ1v) is 6.39. The minimum Gasteiger partial charge on any atom is -0.422 e. The van der Waals surface area contributed by atoms with Crippen molar-refractivity contribution >= 4 is 41.0 Å². The lowest BCUT2D eigenvalue weighted by molar-refractivity contribution is 0.0717. The monoisotopic (exact) mass is 290 g/mol. The van der Waals surface area contributed by atoms with Gasteiger partial charge in [-0.3, -0.25) is 0 Å². The first-order valence-electron chi connectivity index (χ1n) is 5.63. The summed E-state index contributed by atoms with van der Waals surface area (Å²) >= 11 is 11.8. The van der Waals surface area contributed by atoms with Gasteiger partial charge < -0.3 is 4.74 Å². The Kier molecular flexibility index (Phi) is 3.05. The highest BCUT2D eigenvalue weighted by molar-refractivity contribution is 6.42. The summed E-state index contributed by atoms with van der Waals surface area (Å²) in [4.78, 5) is 11.7. The maximum Gasteiger partial charge on any atom is 0.344 e. The molecule has 2 aromatic rings. The lowest BCUT2D eigenvalue weighted by atomic mass is 10.1. The van der Waals surface area contributed by atoms with Crippen LogP contribution in [0.4, 0.5) is 0 Å². The second-order valence-electron chi connectivity index (χ2n) is 4.12. The number of rotatable bonds is 1. The Morgan fingerprint density at radius 2 is 1.68 bits per heavy atom. The quantitative estimate of drug-likeness (QED) is 0.714. The Morgan fingerprint density at radius 3 is 2.42 bits per heavy atom. The van der Waals surface area contributed by atoms with Crippen LogP contribution in [0.3, 0.4) is 0 Å². The van der Waals surface area contributed by atoms with E-state index in [0.29, 0.717) is 21.4 Å². The molecule has 0 fully saturated rings. The maximum atomic E-state index is 11.7. The number of hydrogen-bond acceptors (Lipinski definition) is 2. The number of cyclic esters (lactones) is 1. The number of benzene rings is 2. The fourth-order valence-corrected chi connectivity index (χ4v) is 2.25. The van der Waals surface area contributed by atoms with E-state index in [9.17, 15) is 4.79 Å². The zero-order valence-electron chi connectivity index (χ0n) is 9.69. The Labute approximate surface area is 120 Å². The molecule has 0 aromatic heterocycles. The Morgan fingerprint density at radius 1 is 0.947 bits per heavy atom. The van der Waals surface area contributed by atoms with Crippen LogP contribution in [-0.4, -0.2) is 5.97 Å². The molecule has 2 aromatic carbocycles. The predicted octanol–water partition coefficient (Wildman–Crippen LogP) is 4.66. The number of carbonyl (C=O) groups is 1. The van der Waals surface area contributed by atoms with E-state index in [2.05, 4.69) is 0 Å². The smallest absolute Gasteiger partial charge is 0.344 e. The molecule has 0 saturated carbocycles. The molecular formula is C15H8Cl2O2. The van der Waals surface area contributed by atoms with E-state index in [-0.39, 0.29) is 5.97 Å². The van der Waals surface area contributed by atoms with Crippen molar-refractivity contribution in [3.63, 3.8) is 0 Å². The van der Waals surface area contributed by atoms with Crippen LogP contribution in [0.25, 0.3) is 11.8 Å². The van der Waals surface area contributed by atoms with Crippen LogP contribution in [0.5, 0.6) is 0 Å². The van der Waals surface area contributed by atoms with E-state index in [1.165, 1.54) is 0 Å². The summed E-state index contributed by atoms with van der Waals surface area (Å²) in [5, 5.41) is 0.959. The van der Waals surface area contributed by atoms with Crippen LogP contribution in [0.15, 0.2) is 42.5 Å². The SMILES string of the molecule is O=C1O/C(=C/c2ccc(Cl)c(Cl)c2)c2ccccc21. The lowest BCUT2D eigenvalue weighted by Crippen LogP contribution is -1.92. The van der Waals surface area contributed by atoms with E-state index in [0.717, 1.165) is 11.1 Å². The Balaban J connectivity index is 2.06. The van der Waals surface area contributed by atoms with Crippen molar-refractivity contribution in [2.24, 2.45) is 0 Å². The van der Waals surface area contributed by atoms with Crippen LogP contribution >= 0.6 is 23.2 Å². The van der Waals surface area contributed by atoms with Crippen LogP contribution in [0, 0.1) is 0 Å². The molecule has 0 aliphatic carbocycles. The van der Waals surface area contributed by atoms with Crippen molar-refractivity contribution in [1.29, 1.82) is 0 Å². The predicted molar refractivity (Wildman–Crippen MR) is 76.2 cm³/mol. The molecule has 4 heteroatoms. The highest BCUT2D eigenvalue weighted by Gasteiger charge is 2.25. The van der Waals surface area contributed by atoms with Gasteiger partial charge in [0.15, 0.2) is 0 Å². The normalized spacial score (nSPS) is 15.5. The van der Waals surface area contributed by atoms with Crippen molar-refractivity contribution in [2.45, 2.75) is 0 Å². The number of fused-ring (bicyclic) bond motifs is 1. The van der Waals surface area contributed by atoms with Crippen LogP contribution in [0.1, 0.15) is 21.5 Å². The van der Waals surface area contributed by atoms with Gasteiger partial charge in [0.1, 0.15) is 5.76 Å². The molecule has 0 N–H and O–H groups in total. The second-order valence-corrected chi connectivity index (χ2v) is 4.93. The minimum atomic E-state index is -0.332. The second kappa shape index (κ2) is 4.72. The van der Waals surface area contributed by atoms with Gasteiger partial charge in [-0.05, 0) is 29.8 Å². The fraction of sp³-hybridized carbons (Fsp3) is 0. The summed E-state index contributed by atoms with van der Waals surface area (Å²) in [6.45, 7) is 0. The number of hydrogen-bond donors (Lipinski definition) is 0. The summed E-state index contributed by atoms with van der Waals surface area (Å²) in [6, 6.07) is 12.5. The molecule has 1 heterocycles. The van der Waals surface area contributed by atoms with Gasteiger partial charge in [0.2, 0.25) is 0 Å². The first-order chi connectivity index (χ1) is 9.15. The largest absolute Gasteiger partial charge is 0.422 e. The summed E-state index contributed by atoms with van der Waals surface area (Å²) < 4.78 is 5.25. The zero-order chi connectivity index (χ0) is 13.4. The summed E-state index contributed by atoms with van der Waals surface area (Å²) in [6.07, 6.45) is 1.77. The lowest BCUT2D eigenvalue weighted by Gasteiger charge is -2.01. The fourth-order valence-electron chi connectivity index (χ4n) is 1.95. The third-order valence-electron chi connectivity index (χ3n) is 2.86. The number of ether oxygens (including phenoxy) is 1. The van der Waals surface area contributed by atoms with E-state index in [1.807, 2.05) is 24.3 Å². The third-order valence-corrected chi connectivity index (χ3v) is 3.60. The molecule has 1 aliphatic rings. The summed E-state index contributed by atoms with van der Waals surface area (Å²) in [5.41, 5.74) is 2.20. The molecule has 1 aliphatic heterocycles. The molecule has 0 unspecified atom stereocenters. The van der Waals surface area contributed by atoms with Gasteiger partial charge >= 0.3 is 5.97 Å². The van der Waals surface area contributed by atoms with E-state index < -0.39 is 0 Å². The molecule has 19 heavy (non-hydrogen) atoms. The molecule has 0 spiro atoms. The van der Waals surface area contributed by atoms with Gasteiger partial charge in [-0.15, -0.1) is 0 Å². The van der Waals surface area contributed by atoms with Gasteiger partial charge in [-0.2, -0.15) is 0 Å². The van der Waals surface area contributed by atoms with E-state index in [4.69, 9.17) is 27.9 Å². The minimum absolute atomic E-state index is 0.332. The van der Waals surface area contributed by atoms with Gasteiger partial charge in [0.05, 0.1) is 15.6 Å². The summed E-state index contributed by atoms with van der Waals surface area (Å²) in [7, 11) is 0. The Bertz CT molecular complexity index is 705. The third kappa shape index (κ3) is 2.25. The average molecular weight is 291 g/mol. The van der Waals surface area contributed by atoms with E-state index >= 15 is 0 Å². The highest BCUT2D eigenvalue weighted by atomic mass is 35.5. The molecule has 0 bridgehead atoms. The number of carbonyl (C=O) groups excluding carboxylic acids is 1. The molecule has 2 nitrogen and oxygen atoms in total. The number of esters is 1. The van der Waals surface area contributed by atoms with Gasteiger partial charge in [0.25, 0.3) is 0 Å². The zero-order valence-corrected chi connectivity index (χ0v) is 11.2. The highest BCUT2D eigenvalue weighted by Crippen LogP contribution is 2.32. The van der Waals surface area contributed by atoms with Crippen molar-refractivity contribution < 1.29 is 9.53 Å². The molecule has 3 rings (SSSR count). The maximum absolute atomic E-state index is 11.7. The molecular weight excluding hydrogens is 283 g/mol. The molecule has 94 valence electrons. The van der Waals surface area contributed by atoms with Crippen molar-refractivity contribution in [2.75, 3.05) is 0 Å². The van der Waals surface area contributed by atoms with Crippen molar-refractivity contribution in [3.8, 4) is 0 Å². The molecule has 0 radical (unpaired) electrons. The topological polar surface area (TPSA) is 26.3 Å². The standard InChI is InChI=1S/C15H8Cl2O2/c16-12-6-5-9(7-13(12)17)8-14-10-3-1-2-4-11(10)15(18)19-14/h1-8H/b14-8+. The average Bonchev–Trinajstić information content (AvgIpc) is 2.72. The van der Waals surface area contributed by atoms with Crippen LogP contribution in [0.2, 0.25) is 10.0 Å². The van der Waals surface area contributed by atoms with Gasteiger partial charge in [-0.25, -0.2) is 4.79 Å². The number of halogens is 2. The Hall–Kier alpha value is -1.77. The van der Waals surface area contributed by atoms with Gasteiger partial charge in [0, 0.05) is 5.56 Å².